The van der Waals surface area contributed by atoms with Crippen molar-refractivity contribution in [2.24, 2.45) is 0 Å². The average Bonchev–Trinajstić information content (AvgIpc) is 2.82. The maximum absolute atomic E-state index is 11.2. The molecule has 0 aliphatic rings. The predicted molar refractivity (Wildman–Crippen MR) is 63.5 cm³/mol. The summed E-state index contributed by atoms with van der Waals surface area (Å²) in [5.74, 6) is -0.452. The highest BCUT2D eigenvalue weighted by Crippen LogP contribution is 2.14. The lowest BCUT2D eigenvalue weighted by Gasteiger charge is -1.91. The quantitative estimate of drug-likeness (QED) is 0.763. The van der Waals surface area contributed by atoms with Gasteiger partial charge in [0.05, 0.1) is 12.7 Å². The summed E-state index contributed by atoms with van der Waals surface area (Å²) in [6.45, 7) is 4.00. The largest absolute Gasteiger partial charge is 0.464 e. The number of carbonyl (C=O) groups excluding carboxylic acids is 1. The van der Waals surface area contributed by atoms with Crippen molar-refractivity contribution in [1.82, 2.24) is 9.97 Å². The van der Waals surface area contributed by atoms with Crippen molar-refractivity contribution in [3.05, 3.63) is 29.6 Å². The van der Waals surface area contributed by atoms with E-state index in [1.54, 1.807) is 12.1 Å². The molecule has 0 atom stereocenters. The van der Waals surface area contributed by atoms with Crippen molar-refractivity contribution in [1.29, 1.82) is 5.26 Å². The molecule has 0 aliphatic carbocycles. The third-order valence-electron chi connectivity index (χ3n) is 2.00. The van der Waals surface area contributed by atoms with Gasteiger partial charge in [0.15, 0.2) is 0 Å². The van der Waals surface area contributed by atoms with E-state index in [9.17, 15) is 4.79 Å². The summed E-state index contributed by atoms with van der Waals surface area (Å²) in [6, 6.07) is 5.24. The van der Waals surface area contributed by atoms with Gasteiger partial charge in [0.1, 0.15) is 17.4 Å². The number of pyridine rings is 1. The molecule has 0 saturated heterocycles. The van der Waals surface area contributed by atoms with Crippen LogP contribution in [0.3, 0.4) is 0 Å². The van der Waals surface area contributed by atoms with Crippen LogP contribution in [-0.4, -0.2) is 23.0 Å². The molecule has 0 radical (unpaired) electrons. The summed E-state index contributed by atoms with van der Waals surface area (Å²) in [4.78, 5) is 18.0. The summed E-state index contributed by atoms with van der Waals surface area (Å²) in [5, 5.41) is 9.38. The van der Waals surface area contributed by atoms with Crippen molar-refractivity contribution < 1.29 is 9.53 Å². The molecule has 0 fully saturated rings. The standard InChI is InChI=1S/C10H7N3O2.C2H6/c1-15-10(14)8-3-7-2-6(4-11)5-12-9(7)13-8;1-2/h2-3,5H,1H3,(H,12,13);1-2H3. The zero-order chi connectivity index (χ0) is 12.8. The second-order valence-electron chi connectivity index (χ2n) is 2.95. The summed E-state index contributed by atoms with van der Waals surface area (Å²) < 4.78 is 4.56. The van der Waals surface area contributed by atoms with Crippen LogP contribution >= 0.6 is 0 Å². The number of hydrogen-bond donors (Lipinski definition) is 1. The first-order valence-corrected chi connectivity index (χ1v) is 5.22. The van der Waals surface area contributed by atoms with Crippen LogP contribution in [0.15, 0.2) is 18.3 Å². The highest BCUT2D eigenvalue weighted by molar-refractivity contribution is 5.93. The number of methoxy groups -OCH3 is 1. The number of fused-ring (bicyclic) bond motifs is 1. The van der Waals surface area contributed by atoms with Crippen LogP contribution in [-0.2, 0) is 4.74 Å². The van der Waals surface area contributed by atoms with E-state index in [2.05, 4.69) is 14.7 Å². The van der Waals surface area contributed by atoms with Gasteiger partial charge in [-0.3, -0.25) is 0 Å². The molecule has 2 rings (SSSR count). The second-order valence-corrected chi connectivity index (χ2v) is 2.95. The first kappa shape index (κ1) is 12.7. The lowest BCUT2D eigenvalue weighted by atomic mass is 10.2. The van der Waals surface area contributed by atoms with Gasteiger partial charge in [-0.15, -0.1) is 0 Å². The number of H-pyrrole nitrogens is 1. The molecule has 0 bridgehead atoms. The van der Waals surface area contributed by atoms with Gasteiger partial charge in [-0.1, -0.05) is 13.8 Å². The van der Waals surface area contributed by atoms with E-state index in [1.807, 2.05) is 19.9 Å². The Kier molecular flexibility index (Phi) is 4.23. The van der Waals surface area contributed by atoms with Crippen molar-refractivity contribution in [3.8, 4) is 6.07 Å². The van der Waals surface area contributed by atoms with Crippen LogP contribution in [0.4, 0.5) is 0 Å². The molecule has 0 saturated carbocycles. The molecule has 0 aromatic carbocycles. The number of aromatic nitrogens is 2. The van der Waals surface area contributed by atoms with Crippen molar-refractivity contribution >= 4 is 17.0 Å². The Hall–Kier alpha value is -2.35. The van der Waals surface area contributed by atoms with E-state index in [0.717, 1.165) is 5.39 Å². The van der Waals surface area contributed by atoms with Gasteiger partial charge in [0.2, 0.25) is 0 Å². The van der Waals surface area contributed by atoms with Gasteiger partial charge in [-0.05, 0) is 12.1 Å². The maximum Gasteiger partial charge on any atom is 0.354 e. The first-order valence-electron chi connectivity index (χ1n) is 5.22. The average molecular weight is 231 g/mol. The number of ether oxygens (including phenoxy) is 1. The van der Waals surface area contributed by atoms with Crippen molar-refractivity contribution in [2.75, 3.05) is 7.11 Å². The molecule has 88 valence electrons. The Labute approximate surface area is 99.0 Å². The number of hydrogen-bond acceptors (Lipinski definition) is 4. The Morgan fingerprint density at radius 2 is 2.18 bits per heavy atom. The molecule has 5 nitrogen and oxygen atoms in total. The maximum atomic E-state index is 11.2. The van der Waals surface area contributed by atoms with E-state index in [-0.39, 0.29) is 0 Å². The summed E-state index contributed by atoms with van der Waals surface area (Å²) in [6.07, 6.45) is 1.44. The normalized spacial score (nSPS) is 9.06. The van der Waals surface area contributed by atoms with Gasteiger partial charge >= 0.3 is 5.97 Å². The molecular formula is C12H13N3O2. The van der Waals surface area contributed by atoms with Crippen LogP contribution < -0.4 is 0 Å². The molecule has 0 unspecified atom stereocenters. The number of aromatic amines is 1. The summed E-state index contributed by atoms with van der Waals surface area (Å²) in [7, 11) is 1.31. The van der Waals surface area contributed by atoms with Crippen LogP contribution in [0.25, 0.3) is 11.0 Å². The minimum Gasteiger partial charge on any atom is -0.464 e. The number of nitrogens with one attached hydrogen (secondary N) is 1. The minimum absolute atomic E-state index is 0.329. The molecule has 0 amide bonds. The molecule has 2 heterocycles. The smallest absolute Gasteiger partial charge is 0.354 e. The number of carbonyl (C=O) groups is 1. The van der Waals surface area contributed by atoms with Crippen molar-refractivity contribution in [2.45, 2.75) is 13.8 Å². The monoisotopic (exact) mass is 231 g/mol. The minimum atomic E-state index is -0.452. The Morgan fingerprint density at radius 3 is 2.76 bits per heavy atom. The van der Waals surface area contributed by atoms with Gasteiger partial charge < -0.3 is 9.72 Å². The van der Waals surface area contributed by atoms with Crippen LogP contribution in [0.2, 0.25) is 0 Å². The van der Waals surface area contributed by atoms with Gasteiger partial charge in [-0.25, -0.2) is 9.78 Å². The fourth-order valence-electron chi connectivity index (χ4n) is 1.30. The number of rotatable bonds is 1. The highest BCUT2D eigenvalue weighted by atomic mass is 16.5. The van der Waals surface area contributed by atoms with Crippen molar-refractivity contribution in [3.63, 3.8) is 0 Å². The molecule has 0 aliphatic heterocycles. The van der Waals surface area contributed by atoms with E-state index >= 15 is 0 Å². The summed E-state index contributed by atoms with van der Waals surface area (Å²) >= 11 is 0. The molecule has 17 heavy (non-hydrogen) atoms. The van der Waals surface area contributed by atoms with E-state index in [0.29, 0.717) is 16.9 Å². The molecule has 2 aromatic heterocycles. The van der Waals surface area contributed by atoms with Gasteiger partial charge in [-0.2, -0.15) is 5.26 Å². The zero-order valence-electron chi connectivity index (χ0n) is 9.94. The zero-order valence-corrected chi connectivity index (χ0v) is 9.94. The molecule has 5 heteroatoms. The molecular weight excluding hydrogens is 218 g/mol. The van der Waals surface area contributed by atoms with E-state index in [4.69, 9.17) is 5.26 Å². The topological polar surface area (TPSA) is 78.8 Å². The van der Waals surface area contributed by atoms with Crippen LogP contribution in [0, 0.1) is 11.3 Å². The third-order valence-corrected chi connectivity index (χ3v) is 2.00. The number of nitriles is 1. The van der Waals surface area contributed by atoms with Gasteiger partial charge in [0, 0.05) is 11.6 Å². The highest BCUT2D eigenvalue weighted by Gasteiger charge is 2.09. The lowest BCUT2D eigenvalue weighted by Crippen LogP contribution is -2.00. The fourth-order valence-corrected chi connectivity index (χ4v) is 1.30. The number of esters is 1. The summed E-state index contributed by atoms with van der Waals surface area (Å²) in [5.41, 5.74) is 1.35. The van der Waals surface area contributed by atoms with E-state index in [1.165, 1.54) is 13.3 Å². The molecule has 1 N–H and O–H groups in total. The predicted octanol–water partition coefficient (Wildman–Crippen LogP) is 2.25. The first-order chi connectivity index (χ1) is 8.24. The lowest BCUT2D eigenvalue weighted by molar-refractivity contribution is 0.0595. The fraction of sp³-hybridized carbons (Fsp3) is 0.250. The molecule has 0 spiro atoms. The SMILES string of the molecule is CC.COC(=O)c1cc2cc(C#N)cnc2[nH]1. The van der Waals surface area contributed by atoms with Gasteiger partial charge in [0.25, 0.3) is 0 Å². The third kappa shape index (κ3) is 2.61. The Balaban J connectivity index is 0.000000686. The Morgan fingerprint density at radius 1 is 1.47 bits per heavy atom. The number of nitrogens with zero attached hydrogens (tertiary/aromatic N) is 2. The Bertz CT molecular complexity index is 567. The molecule has 2 aromatic rings. The second kappa shape index (κ2) is 5.66. The van der Waals surface area contributed by atoms with E-state index < -0.39 is 5.97 Å². The van der Waals surface area contributed by atoms with Crippen LogP contribution in [0.1, 0.15) is 29.9 Å². The van der Waals surface area contributed by atoms with Crippen LogP contribution in [0.5, 0.6) is 0 Å².